The SMILES string of the molecule is Cc1c(-c2ccccc2O)cccc1C1C=CC=C1. The van der Waals surface area contributed by atoms with Crippen molar-refractivity contribution >= 4 is 0 Å². The third-order valence-corrected chi connectivity index (χ3v) is 3.68. The Morgan fingerprint density at radius 1 is 0.842 bits per heavy atom. The van der Waals surface area contributed by atoms with Gasteiger partial charge in [0.2, 0.25) is 0 Å². The third kappa shape index (κ3) is 2.08. The Morgan fingerprint density at radius 2 is 1.53 bits per heavy atom. The van der Waals surface area contributed by atoms with Gasteiger partial charge in [-0.25, -0.2) is 0 Å². The van der Waals surface area contributed by atoms with Gasteiger partial charge < -0.3 is 5.11 Å². The van der Waals surface area contributed by atoms with Crippen molar-refractivity contribution in [3.8, 4) is 16.9 Å². The van der Waals surface area contributed by atoms with Crippen molar-refractivity contribution in [1.82, 2.24) is 0 Å². The van der Waals surface area contributed by atoms with Gasteiger partial charge in [-0.15, -0.1) is 0 Å². The Hall–Kier alpha value is -2.28. The van der Waals surface area contributed by atoms with Crippen molar-refractivity contribution in [3.05, 3.63) is 77.9 Å². The molecule has 0 fully saturated rings. The monoisotopic (exact) mass is 248 g/mol. The highest BCUT2D eigenvalue weighted by molar-refractivity contribution is 5.74. The van der Waals surface area contributed by atoms with E-state index >= 15 is 0 Å². The van der Waals surface area contributed by atoms with Gasteiger partial charge in [0.25, 0.3) is 0 Å². The summed E-state index contributed by atoms with van der Waals surface area (Å²) in [5.74, 6) is 0.686. The maximum Gasteiger partial charge on any atom is 0.123 e. The molecular weight excluding hydrogens is 232 g/mol. The summed E-state index contributed by atoms with van der Waals surface area (Å²) in [5, 5.41) is 10.0. The average molecular weight is 248 g/mol. The number of hydrogen-bond acceptors (Lipinski definition) is 1. The van der Waals surface area contributed by atoms with Crippen LogP contribution in [0, 0.1) is 6.92 Å². The normalized spacial score (nSPS) is 14.2. The lowest BCUT2D eigenvalue weighted by Gasteiger charge is -2.15. The Kier molecular flexibility index (Phi) is 2.96. The van der Waals surface area contributed by atoms with Crippen LogP contribution in [0.4, 0.5) is 0 Å². The first kappa shape index (κ1) is 11.8. The molecule has 0 bridgehead atoms. The standard InChI is InChI=1S/C18H16O/c1-13-15(14-7-2-3-8-14)10-6-11-16(13)17-9-4-5-12-18(17)19/h2-12,14,19H,1H3. The highest BCUT2D eigenvalue weighted by atomic mass is 16.3. The number of hydrogen-bond donors (Lipinski definition) is 1. The predicted octanol–water partition coefficient (Wildman–Crippen LogP) is 4.58. The second-order valence-corrected chi connectivity index (χ2v) is 4.83. The molecule has 0 heterocycles. The van der Waals surface area contributed by atoms with Crippen LogP contribution in [-0.4, -0.2) is 5.11 Å². The molecule has 0 saturated carbocycles. The largest absolute Gasteiger partial charge is 0.507 e. The number of rotatable bonds is 2. The van der Waals surface area contributed by atoms with Gasteiger partial charge in [0.15, 0.2) is 0 Å². The Labute approximate surface area is 113 Å². The molecule has 1 nitrogen and oxygen atoms in total. The van der Waals surface area contributed by atoms with Crippen LogP contribution in [0.2, 0.25) is 0 Å². The Morgan fingerprint density at radius 3 is 2.26 bits per heavy atom. The van der Waals surface area contributed by atoms with E-state index < -0.39 is 0 Å². The molecular formula is C18H16O. The van der Waals surface area contributed by atoms with Gasteiger partial charge in [-0.3, -0.25) is 0 Å². The topological polar surface area (TPSA) is 20.2 Å². The van der Waals surface area contributed by atoms with E-state index in [-0.39, 0.29) is 0 Å². The van der Waals surface area contributed by atoms with Gasteiger partial charge in [-0.2, -0.15) is 0 Å². The van der Waals surface area contributed by atoms with E-state index in [1.807, 2.05) is 18.2 Å². The molecule has 0 spiro atoms. The lowest BCUT2D eigenvalue weighted by Crippen LogP contribution is -1.95. The molecule has 1 heteroatoms. The third-order valence-electron chi connectivity index (χ3n) is 3.68. The van der Waals surface area contributed by atoms with Crippen LogP contribution >= 0.6 is 0 Å². The number of phenolic OH excluding ortho intramolecular Hbond substituents is 1. The Balaban J connectivity index is 2.13. The highest BCUT2D eigenvalue weighted by Crippen LogP contribution is 2.35. The van der Waals surface area contributed by atoms with Crippen molar-refractivity contribution in [3.63, 3.8) is 0 Å². The molecule has 94 valence electrons. The molecule has 0 unspecified atom stereocenters. The van der Waals surface area contributed by atoms with Gasteiger partial charge in [-0.05, 0) is 29.7 Å². The van der Waals surface area contributed by atoms with E-state index in [0.717, 1.165) is 11.1 Å². The quantitative estimate of drug-likeness (QED) is 0.825. The average Bonchev–Trinajstić information content (AvgIpc) is 2.94. The molecule has 0 radical (unpaired) electrons. The summed E-state index contributed by atoms with van der Waals surface area (Å²) in [5.41, 5.74) is 4.52. The smallest absolute Gasteiger partial charge is 0.123 e. The van der Waals surface area contributed by atoms with Gasteiger partial charge >= 0.3 is 0 Å². The van der Waals surface area contributed by atoms with Crippen LogP contribution in [0.3, 0.4) is 0 Å². The van der Waals surface area contributed by atoms with Gasteiger partial charge in [0.05, 0.1) is 0 Å². The first-order valence-electron chi connectivity index (χ1n) is 6.50. The first-order chi connectivity index (χ1) is 9.27. The summed E-state index contributed by atoms with van der Waals surface area (Å²) in [6.45, 7) is 2.12. The second-order valence-electron chi connectivity index (χ2n) is 4.83. The molecule has 1 aliphatic rings. The molecule has 0 aromatic heterocycles. The summed E-state index contributed by atoms with van der Waals surface area (Å²) < 4.78 is 0. The molecule has 19 heavy (non-hydrogen) atoms. The number of allylic oxidation sites excluding steroid dienone is 4. The van der Waals surface area contributed by atoms with E-state index in [1.54, 1.807) is 6.07 Å². The number of phenols is 1. The fourth-order valence-corrected chi connectivity index (χ4v) is 2.65. The van der Waals surface area contributed by atoms with Crippen molar-refractivity contribution in [2.45, 2.75) is 12.8 Å². The van der Waals surface area contributed by atoms with Crippen LogP contribution in [-0.2, 0) is 0 Å². The minimum Gasteiger partial charge on any atom is -0.507 e. The molecule has 3 rings (SSSR count). The van der Waals surface area contributed by atoms with E-state index in [4.69, 9.17) is 0 Å². The molecule has 2 aromatic carbocycles. The lowest BCUT2D eigenvalue weighted by atomic mass is 9.90. The van der Waals surface area contributed by atoms with Crippen LogP contribution in [0.1, 0.15) is 17.0 Å². The van der Waals surface area contributed by atoms with Gasteiger partial charge in [-0.1, -0.05) is 60.7 Å². The summed E-state index contributed by atoms with van der Waals surface area (Å²) in [4.78, 5) is 0. The fourth-order valence-electron chi connectivity index (χ4n) is 2.65. The fraction of sp³-hybridized carbons (Fsp3) is 0.111. The molecule has 0 atom stereocenters. The van der Waals surface area contributed by atoms with Crippen LogP contribution in [0.25, 0.3) is 11.1 Å². The van der Waals surface area contributed by atoms with Gasteiger partial charge in [0.1, 0.15) is 5.75 Å². The molecule has 1 N–H and O–H groups in total. The van der Waals surface area contributed by atoms with Gasteiger partial charge in [0, 0.05) is 11.5 Å². The summed E-state index contributed by atoms with van der Waals surface area (Å²) in [6.07, 6.45) is 8.54. The number of benzene rings is 2. The predicted molar refractivity (Wildman–Crippen MR) is 79.3 cm³/mol. The van der Waals surface area contributed by atoms with E-state index in [1.165, 1.54) is 11.1 Å². The highest BCUT2D eigenvalue weighted by Gasteiger charge is 2.14. The summed E-state index contributed by atoms with van der Waals surface area (Å²) in [6, 6.07) is 13.8. The van der Waals surface area contributed by atoms with Crippen LogP contribution < -0.4 is 0 Å². The minimum atomic E-state index is 0.334. The number of para-hydroxylation sites is 1. The maximum atomic E-state index is 10.0. The zero-order valence-corrected chi connectivity index (χ0v) is 10.9. The lowest BCUT2D eigenvalue weighted by molar-refractivity contribution is 0.477. The molecule has 0 aliphatic heterocycles. The minimum absolute atomic E-state index is 0.334. The maximum absolute atomic E-state index is 10.0. The molecule has 0 amide bonds. The molecule has 2 aromatic rings. The van der Waals surface area contributed by atoms with Crippen LogP contribution in [0.5, 0.6) is 5.75 Å². The van der Waals surface area contributed by atoms with Crippen molar-refractivity contribution < 1.29 is 5.11 Å². The van der Waals surface area contributed by atoms with Crippen molar-refractivity contribution in [2.24, 2.45) is 0 Å². The summed E-state index contributed by atoms with van der Waals surface area (Å²) in [7, 11) is 0. The van der Waals surface area contributed by atoms with Crippen molar-refractivity contribution in [1.29, 1.82) is 0 Å². The zero-order valence-electron chi connectivity index (χ0n) is 10.9. The van der Waals surface area contributed by atoms with Crippen LogP contribution in [0.15, 0.2) is 66.8 Å². The van der Waals surface area contributed by atoms with E-state index in [9.17, 15) is 5.11 Å². The zero-order chi connectivity index (χ0) is 13.2. The number of aromatic hydroxyl groups is 1. The first-order valence-corrected chi connectivity index (χ1v) is 6.50. The Bertz CT molecular complexity index is 653. The molecule has 1 aliphatic carbocycles. The van der Waals surface area contributed by atoms with E-state index in [0.29, 0.717) is 11.7 Å². The van der Waals surface area contributed by atoms with E-state index in [2.05, 4.69) is 49.4 Å². The second kappa shape index (κ2) is 4.77. The summed E-state index contributed by atoms with van der Waals surface area (Å²) >= 11 is 0. The van der Waals surface area contributed by atoms with Crippen molar-refractivity contribution in [2.75, 3.05) is 0 Å². The molecule has 0 saturated heterocycles.